The highest BCUT2D eigenvalue weighted by Gasteiger charge is 2.31. The van der Waals surface area contributed by atoms with Gasteiger partial charge < -0.3 is 15.0 Å². The zero-order valence-electron chi connectivity index (χ0n) is 12.5. The summed E-state index contributed by atoms with van der Waals surface area (Å²) < 4.78 is 5.17. The van der Waals surface area contributed by atoms with Gasteiger partial charge >= 0.3 is 5.97 Å². The molecule has 3 unspecified atom stereocenters. The first-order valence-electron chi connectivity index (χ1n) is 7.75. The lowest BCUT2D eigenvalue weighted by atomic mass is 10.0. The van der Waals surface area contributed by atoms with Crippen LogP contribution in [-0.4, -0.2) is 49.2 Å². The van der Waals surface area contributed by atoms with Gasteiger partial charge in [0, 0.05) is 25.7 Å². The molecule has 0 aromatic rings. The lowest BCUT2D eigenvalue weighted by molar-refractivity contribution is -0.146. The van der Waals surface area contributed by atoms with E-state index in [1.807, 2.05) is 6.92 Å². The summed E-state index contributed by atoms with van der Waals surface area (Å²) in [5.74, 6) is 1.48. The van der Waals surface area contributed by atoms with Crippen molar-refractivity contribution in [2.24, 2.45) is 11.8 Å². The Bertz CT molecular complexity index is 295. The second-order valence-corrected chi connectivity index (χ2v) is 6.25. The molecular weight excluding hydrogens is 240 g/mol. The van der Waals surface area contributed by atoms with Gasteiger partial charge in [0.15, 0.2) is 0 Å². The van der Waals surface area contributed by atoms with Crippen LogP contribution < -0.4 is 5.32 Å². The maximum atomic E-state index is 11.9. The van der Waals surface area contributed by atoms with Crippen LogP contribution in [0.3, 0.4) is 0 Å². The van der Waals surface area contributed by atoms with Crippen molar-refractivity contribution in [1.29, 1.82) is 0 Å². The van der Waals surface area contributed by atoms with Crippen LogP contribution in [0.15, 0.2) is 0 Å². The van der Waals surface area contributed by atoms with E-state index in [1.54, 1.807) is 0 Å². The van der Waals surface area contributed by atoms with Crippen molar-refractivity contribution in [2.75, 3.05) is 26.2 Å². The summed E-state index contributed by atoms with van der Waals surface area (Å²) in [4.78, 5) is 14.4. The predicted octanol–water partition coefficient (Wildman–Crippen LogP) is 1.65. The minimum absolute atomic E-state index is 0.0744. The number of nitrogens with one attached hydrogen (secondary N) is 1. The van der Waals surface area contributed by atoms with Gasteiger partial charge in [-0.15, -0.1) is 0 Å². The fourth-order valence-electron chi connectivity index (χ4n) is 2.79. The van der Waals surface area contributed by atoms with Crippen molar-refractivity contribution >= 4 is 5.97 Å². The SMILES string of the molecule is CCOC(=O)C(CCN1CC(C)C(C)C1)NC1CC1. The summed E-state index contributed by atoms with van der Waals surface area (Å²) in [7, 11) is 0. The van der Waals surface area contributed by atoms with Crippen molar-refractivity contribution in [3.05, 3.63) is 0 Å². The first-order valence-corrected chi connectivity index (χ1v) is 7.75. The fourth-order valence-corrected chi connectivity index (χ4v) is 2.79. The average molecular weight is 268 g/mol. The average Bonchev–Trinajstić information content (AvgIpc) is 3.12. The zero-order chi connectivity index (χ0) is 13.8. The van der Waals surface area contributed by atoms with Crippen LogP contribution in [-0.2, 0) is 9.53 Å². The molecule has 1 saturated heterocycles. The monoisotopic (exact) mass is 268 g/mol. The standard InChI is InChI=1S/C15H28N2O2/c1-4-19-15(18)14(16-13-5-6-13)7-8-17-9-11(2)12(3)10-17/h11-14,16H,4-10H2,1-3H3. The van der Waals surface area contributed by atoms with Crippen LogP contribution in [0.1, 0.15) is 40.0 Å². The molecule has 2 aliphatic rings. The molecule has 2 rings (SSSR count). The Kier molecular flexibility index (Phi) is 5.22. The van der Waals surface area contributed by atoms with Gasteiger partial charge in [0.1, 0.15) is 6.04 Å². The molecule has 0 radical (unpaired) electrons. The molecule has 0 aromatic heterocycles. The van der Waals surface area contributed by atoms with E-state index in [2.05, 4.69) is 24.1 Å². The van der Waals surface area contributed by atoms with E-state index in [1.165, 1.54) is 25.9 Å². The molecule has 2 fully saturated rings. The highest BCUT2D eigenvalue weighted by molar-refractivity contribution is 5.75. The van der Waals surface area contributed by atoms with Crippen LogP contribution >= 0.6 is 0 Å². The van der Waals surface area contributed by atoms with Gasteiger partial charge in [0.2, 0.25) is 0 Å². The van der Waals surface area contributed by atoms with Gasteiger partial charge in [-0.05, 0) is 38.0 Å². The number of hydrogen-bond donors (Lipinski definition) is 1. The lowest BCUT2D eigenvalue weighted by Crippen LogP contribution is -2.42. The van der Waals surface area contributed by atoms with E-state index >= 15 is 0 Å². The molecule has 3 atom stereocenters. The summed E-state index contributed by atoms with van der Waals surface area (Å²) in [5.41, 5.74) is 0. The van der Waals surface area contributed by atoms with E-state index in [9.17, 15) is 4.79 Å². The van der Waals surface area contributed by atoms with E-state index in [-0.39, 0.29) is 12.0 Å². The van der Waals surface area contributed by atoms with E-state index in [4.69, 9.17) is 4.74 Å². The Hall–Kier alpha value is -0.610. The molecule has 1 heterocycles. The predicted molar refractivity (Wildman–Crippen MR) is 76.0 cm³/mol. The number of carbonyl (C=O) groups is 1. The normalized spacial score (nSPS) is 29.4. The van der Waals surface area contributed by atoms with Crippen LogP contribution in [0.2, 0.25) is 0 Å². The Balaban J connectivity index is 1.77. The minimum Gasteiger partial charge on any atom is -0.465 e. The fraction of sp³-hybridized carbons (Fsp3) is 0.933. The molecule has 0 amide bonds. The molecule has 1 aliphatic heterocycles. The molecule has 19 heavy (non-hydrogen) atoms. The second-order valence-electron chi connectivity index (χ2n) is 6.25. The first-order chi connectivity index (χ1) is 9.10. The number of ether oxygens (including phenoxy) is 1. The van der Waals surface area contributed by atoms with Crippen molar-refractivity contribution in [3.8, 4) is 0 Å². The van der Waals surface area contributed by atoms with Crippen LogP contribution in [0.4, 0.5) is 0 Å². The molecule has 0 spiro atoms. The van der Waals surface area contributed by atoms with Gasteiger partial charge in [-0.3, -0.25) is 4.79 Å². The lowest BCUT2D eigenvalue weighted by Gasteiger charge is -2.21. The number of nitrogens with zero attached hydrogens (tertiary/aromatic N) is 1. The maximum Gasteiger partial charge on any atom is 0.323 e. The number of carbonyl (C=O) groups excluding carboxylic acids is 1. The Morgan fingerprint density at radius 3 is 2.47 bits per heavy atom. The van der Waals surface area contributed by atoms with E-state index in [0.717, 1.165) is 24.8 Å². The quantitative estimate of drug-likeness (QED) is 0.713. The highest BCUT2D eigenvalue weighted by atomic mass is 16.5. The molecule has 4 heteroatoms. The first kappa shape index (κ1) is 14.8. The summed E-state index contributed by atoms with van der Waals surface area (Å²) in [6.45, 7) is 10.3. The van der Waals surface area contributed by atoms with Crippen molar-refractivity contribution < 1.29 is 9.53 Å². The summed E-state index contributed by atoms with van der Waals surface area (Å²) in [6, 6.07) is 0.435. The van der Waals surface area contributed by atoms with Crippen molar-refractivity contribution in [1.82, 2.24) is 10.2 Å². The number of rotatable bonds is 7. The van der Waals surface area contributed by atoms with Crippen molar-refractivity contribution in [3.63, 3.8) is 0 Å². The largest absolute Gasteiger partial charge is 0.465 e. The molecule has 1 saturated carbocycles. The van der Waals surface area contributed by atoms with Gasteiger partial charge in [0.25, 0.3) is 0 Å². The number of esters is 1. The Morgan fingerprint density at radius 1 is 1.32 bits per heavy atom. The summed E-state index contributed by atoms with van der Waals surface area (Å²) in [6.07, 6.45) is 3.27. The molecule has 0 aromatic carbocycles. The molecule has 0 bridgehead atoms. The third kappa shape index (κ3) is 4.46. The van der Waals surface area contributed by atoms with Gasteiger partial charge in [-0.1, -0.05) is 13.8 Å². The molecule has 110 valence electrons. The molecular formula is C15H28N2O2. The van der Waals surface area contributed by atoms with E-state index < -0.39 is 0 Å². The summed E-state index contributed by atoms with van der Waals surface area (Å²) in [5, 5.41) is 3.42. The zero-order valence-corrected chi connectivity index (χ0v) is 12.5. The van der Waals surface area contributed by atoms with Crippen LogP contribution in [0.25, 0.3) is 0 Å². The highest BCUT2D eigenvalue weighted by Crippen LogP contribution is 2.23. The van der Waals surface area contributed by atoms with Gasteiger partial charge in [-0.25, -0.2) is 0 Å². The topological polar surface area (TPSA) is 41.6 Å². The maximum absolute atomic E-state index is 11.9. The van der Waals surface area contributed by atoms with Crippen LogP contribution in [0.5, 0.6) is 0 Å². The third-order valence-electron chi connectivity index (χ3n) is 4.38. The molecule has 4 nitrogen and oxygen atoms in total. The Labute approximate surface area is 116 Å². The molecule has 1 N–H and O–H groups in total. The van der Waals surface area contributed by atoms with Crippen LogP contribution in [0, 0.1) is 11.8 Å². The Morgan fingerprint density at radius 2 is 1.95 bits per heavy atom. The summed E-state index contributed by atoms with van der Waals surface area (Å²) >= 11 is 0. The van der Waals surface area contributed by atoms with E-state index in [0.29, 0.717) is 12.6 Å². The molecule has 1 aliphatic carbocycles. The van der Waals surface area contributed by atoms with Gasteiger partial charge in [-0.2, -0.15) is 0 Å². The number of hydrogen-bond acceptors (Lipinski definition) is 4. The van der Waals surface area contributed by atoms with Gasteiger partial charge in [0.05, 0.1) is 6.61 Å². The third-order valence-corrected chi connectivity index (χ3v) is 4.38. The number of likely N-dealkylation sites (tertiary alicyclic amines) is 1. The van der Waals surface area contributed by atoms with Crippen molar-refractivity contribution in [2.45, 2.75) is 52.1 Å². The smallest absolute Gasteiger partial charge is 0.323 e. The second kappa shape index (κ2) is 6.71. The minimum atomic E-state index is -0.112.